The van der Waals surface area contributed by atoms with E-state index in [1.165, 1.54) is 0 Å². The first-order chi connectivity index (χ1) is 10.6. The normalized spacial score (nSPS) is 12.0. The van der Waals surface area contributed by atoms with Gasteiger partial charge in [0, 0.05) is 5.69 Å². The second-order valence-electron chi connectivity index (χ2n) is 5.04. The van der Waals surface area contributed by atoms with Crippen LogP contribution in [-0.4, -0.2) is 40.6 Å². The van der Waals surface area contributed by atoms with Gasteiger partial charge in [0.15, 0.2) is 5.69 Å². The molecular weight excluding hydrogens is 282 g/mol. The molecule has 6 heteroatoms. The number of carbonyl (C=O) groups excluding carboxylic acids is 1. The van der Waals surface area contributed by atoms with Crippen LogP contribution in [0.4, 0.5) is 0 Å². The number of hydrogen-bond donors (Lipinski definition) is 2. The van der Waals surface area contributed by atoms with E-state index < -0.39 is 0 Å². The maximum Gasteiger partial charge on any atom is 0.272 e. The first kappa shape index (κ1) is 16.0. The largest absolute Gasteiger partial charge is 0.497 e. The number of nitrogens with one attached hydrogen (secondary N) is 1. The van der Waals surface area contributed by atoms with Crippen LogP contribution in [0.25, 0.3) is 5.69 Å². The van der Waals surface area contributed by atoms with Crippen LogP contribution >= 0.6 is 0 Å². The molecule has 1 amide bonds. The summed E-state index contributed by atoms with van der Waals surface area (Å²) >= 11 is 0. The number of aliphatic hydroxyl groups excluding tert-OH is 1. The minimum atomic E-state index is -0.281. The molecule has 118 valence electrons. The Kier molecular flexibility index (Phi) is 5.16. The summed E-state index contributed by atoms with van der Waals surface area (Å²) < 4.78 is 6.83. The second-order valence-corrected chi connectivity index (χ2v) is 5.04. The van der Waals surface area contributed by atoms with Crippen LogP contribution in [0.3, 0.4) is 0 Å². The highest BCUT2D eigenvalue weighted by Crippen LogP contribution is 2.16. The number of nitrogens with zero attached hydrogens (tertiary/aromatic N) is 2. The minimum absolute atomic E-state index is 0.0829. The standard InChI is InChI=1S/C16H21N3O3/c1-4-12(10-20)17-16(21)15-9-11(2)19(18-15)13-5-7-14(22-3)8-6-13/h5-9,12,20H,4,10H2,1-3H3,(H,17,21). The highest BCUT2D eigenvalue weighted by Gasteiger charge is 2.16. The van der Waals surface area contributed by atoms with Gasteiger partial charge in [-0.05, 0) is 43.7 Å². The van der Waals surface area contributed by atoms with Gasteiger partial charge in [0.1, 0.15) is 5.75 Å². The Morgan fingerprint density at radius 2 is 2.09 bits per heavy atom. The van der Waals surface area contributed by atoms with Gasteiger partial charge in [-0.25, -0.2) is 4.68 Å². The molecule has 0 aliphatic rings. The number of hydrogen-bond acceptors (Lipinski definition) is 4. The number of benzene rings is 1. The van der Waals surface area contributed by atoms with Crippen molar-refractivity contribution in [3.05, 3.63) is 41.7 Å². The Morgan fingerprint density at radius 1 is 1.41 bits per heavy atom. The molecule has 1 atom stereocenters. The van der Waals surface area contributed by atoms with Gasteiger partial charge in [-0.3, -0.25) is 4.79 Å². The molecule has 1 aromatic carbocycles. The molecule has 2 aromatic rings. The SMILES string of the molecule is CCC(CO)NC(=O)c1cc(C)n(-c2ccc(OC)cc2)n1. The van der Waals surface area contributed by atoms with E-state index in [2.05, 4.69) is 10.4 Å². The number of ether oxygens (including phenoxy) is 1. The van der Waals surface area contributed by atoms with Crippen molar-refractivity contribution < 1.29 is 14.6 Å². The van der Waals surface area contributed by atoms with Gasteiger partial charge in [0.25, 0.3) is 5.91 Å². The average molecular weight is 303 g/mol. The van der Waals surface area contributed by atoms with Crippen LogP contribution in [0.1, 0.15) is 29.5 Å². The van der Waals surface area contributed by atoms with Gasteiger partial charge in [0.05, 0.1) is 25.4 Å². The molecule has 0 fully saturated rings. The summed E-state index contributed by atoms with van der Waals surface area (Å²) in [6.07, 6.45) is 0.667. The summed E-state index contributed by atoms with van der Waals surface area (Å²) in [4.78, 5) is 12.2. The number of amides is 1. The van der Waals surface area contributed by atoms with E-state index in [1.54, 1.807) is 17.9 Å². The van der Waals surface area contributed by atoms with Crippen molar-refractivity contribution in [2.24, 2.45) is 0 Å². The maximum absolute atomic E-state index is 12.2. The fourth-order valence-electron chi connectivity index (χ4n) is 2.11. The highest BCUT2D eigenvalue weighted by atomic mass is 16.5. The number of aromatic nitrogens is 2. The molecule has 0 aliphatic carbocycles. The lowest BCUT2D eigenvalue weighted by atomic mass is 10.2. The van der Waals surface area contributed by atoms with Crippen molar-refractivity contribution in [3.63, 3.8) is 0 Å². The molecule has 0 radical (unpaired) electrons. The molecule has 0 saturated heterocycles. The van der Waals surface area contributed by atoms with Crippen molar-refractivity contribution in [2.45, 2.75) is 26.3 Å². The van der Waals surface area contributed by atoms with E-state index in [4.69, 9.17) is 9.84 Å². The summed E-state index contributed by atoms with van der Waals surface area (Å²) in [5.41, 5.74) is 2.04. The van der Waals surface area contributed by atoms with Crippen LogP contribution < -0.4 is 10.1 Å². The lowest BCUT2D eigenvalue weighted by Gasteiger charge is -2.12. The number of methoxy groups -OCH3 is 1. The highest BCUT2D eigenvalue weighted by molar-refractivity contribution is 5.92. The molecule has 2 N–H and O–H groups in total. The topological polar surface area (TPSA) is 76.4 Å². The van der Waals surface area contributed by atoms with Crippen molar-refractivity contribution in [1.29, 1.82) is 0 Å². The molecule has 0 spiro atoms. The van der Waals surface area contributed by atoms with Gasteiger partial charge in [-0.2, -0.15) is 5.10 Å². The molecule has 22 heavy (non-hydrogen) atoms. The number of carbonyl (C=O) groups is 1. The monoisotopic (exact) mass is 303 g/mol. The average Bonchev–Trinajstić information content (AvgIpc) is 2.94. The van der Waals surface area contributed by atoms with E-state index >= 15 is 0 Å². The molecule has 2 rings (SSSR count). The molecule has 1 aromatic heterocycles. The Morgan fingerprint density at radius 3 is 2.64 bits per heavy atom. The fraction of sp³-hybridized carbons (Fsp3) is 0.375. The predicted molar refractivity (Wildman–Crippen MR) is 83.5 cm³/mol. The van der Waals surface area contributed by atoms with Crippen molar-refractivity contribution in [1.82, 2.24) is 15.1 Å². The van der Waals surface area contributed by atoms with Gasteiger partial charge in [0.2, 0.25) is 0 Å². The molecule has 6 nitrogen and oxygen atoms in total. The molecule has 0 aliphatic heterocycles. The Labute approximate surface area is 129 Å². The van der Waals surface area contributed by atoms with Crippen LogP contribution in [0, 0.1) is 6.92 Å². The zero-order valence-corrected chi connectivity index (χ0v) is 13.0. The first-order valence-corrected chi connectivity index (χ1v) is 7.21. The first-order valence-electron chi connectivity index (χ1n) is 7.21. The van der Waals surface area contributed by atoms with E-state index in [9.17, 15) is 4.79 Å². The Balaban J connectivity index is 2.21. The molecular formula is C16H21N3O3. The lowest BCUT2D eigenvalue weighted by molar-refractivity contribution is 0.0909. The number of aryl methyl sites for hydroxylation is 1. The predicted octanol–water partition coefficient (Wildman–Crippen LogP) is 1.69. The van der Waals surface area contributed by atoms with Crippen molar-refractivity contribution in [3.8, 4) is 11.4 Å². The van der Waals surface area contributed by atoms with Crippen LogP contribution in [0.15, 0.2) is 30.3 Å². The molecule has 1 heterocycles. The van der Waals surface area contributed by atoms with Gasteiger partial charge < -0.3 is 15.2 Å². The minimum Gasteiger partial charge on any atom is -0.497 e. The van der Waals surface area contributed by atoms with E-state index in [-0.39, 0.29) is 18.6 Å². The third kappa shape index (κ3) is 3.46. The second kappa shape index (κ2) is 7.09. The van der Waals surface area contributed by atoms with Crippen LogP contribution in [-0.2, 0) is 0 Å². The molecule has 1 unspecified atom stereocenters. The summed E-state index contributed by atoms with van der Waals surface area (Å²) in [5.74, 6) is 0.483. The Hall–Kier alpha value is -2.34. The van der Waals surface area contributed by atoms with Crippen molar-refractivity contribution >= 4 is 5.91 Å². The lowest BCUT2D eigenvalue weighted by Crippen LogP contribution is -2.37. The number of rotatable bonds is 6. The van der Waals surface area contributed by atoms with E-state index in [0.29, 0.717) is 12.1 Å². The zero-order chi connectivity index (χ0) is 16.1. The summed E-state index contributed by atoms with van der Waals surface area (Å²) in [5, 5.41) is 16.3. The van der Waals surface area contributed by atoms with Gasteiger partial charge >= 0.3 is 0 Å². The van der Waals surface area contributed by atoms with Gasteiger partial charge in [-0.15, -0.1) is 0 Å². The third-order valence-electron chi connectivity index (χ3n) is 3.49. The summed E-state index contributed by atoms with van der Waals surface area (Å²) in [6, 6.07) is 8.92. The van der Waals surface area contributed by atoms with Gasteiger partial charge in [-0.1, -0.05) is 6.92 Å². The van der Waals surface area contributed by atoms with E-state index in [0.717, 1.165) is 17.1 Å². The summed E-state index contributed by atoms with van der Waals surface area (Å²) in [7, 11) is 1.61. The van der Waals surface area contributed by atoms with Crippen LogP contribution in [0.5, 0.6) is 5.75 Å². The quantitative estimate of drug-likeness (QED) is 0.851. The maximum atomic E-state index is 12.2. The van der Waals surface area contributed by atoms with E-state index in [1.807, 2.05) is 38.1 Å². The van der Waals surface area contributed by atoms with Crippen LogP contribution in [0.2, 0.25) is 0 Å². The number of aliphatic hydroxyl groups is 1. The molecule has 0 saturated carbocycles. The summed E-state index contributed by atoms with van der Waals surface area (Å²) in [6.45, 7) is 3.71. The third-order valence-corrected chi connectivity index (χ3v) is 3.49. The zero-order valence-electron chi connectivity index (χ0n) is 13.0. The smallest absolute Gasteiger partial charge is 0.272 e. The molecule has 0 bridgehead atoms. The van der Waals surface area contributed by atoms with Crippen molar-refractivity contribution in [2.75, 3.05) is 13.7 Å². The fourth-order valence-corrected chi connectivity index (χ4v) is 2.11. The Bertz CT molecular complexity index is 631.